The van der Waals surface area contributed by atoms with Crippen LogP contribution in [0.2, 0.25) is 0 Å². The minimum atomic E-state index is -0.240. The predicted molar refractivity (Wildman–Crippen MR) is 60.6 cm³/mol. The van der Waals surface area contributed by atoms with E-state index in [1.54, 1.807) is 18.3 Å². The topological polar surface area (TPSA) is 43.8 Å². The zero-order chi connectivity index (χ0) is 11.5. The molecule has 0 spiro atoms. The van der Waals surface area contributed by atoms with Crippen LogP contribution in [0.25, 0.3) is 0 Å². The van der Waals surface area contributed by atoms with Crippen LogP contribution in [0, 0.1) is 12.7 Å². The molecule has 16 heavy (non-hydrogen) atoms. The van der Waals surface area contributed by atoms with Crippen molar-refractivity contribution in [2.24, 2.45) is 5.73 Å². The van der Waals surface area contributed by atoms with E-state index in [2.05, 4.69) is 5.10 Å². The van der Waals surface area contributed by atoms with Crippen LogP contribution in [0.4, 0.5) is 4.39 Å². The van der Waals surface area contributed by atoms with Crippen molar-refractivity contribution in [3.05, 3.63) is 53.6 Å². The zero-order valence-corrected chi connectivity index (χ0v) is 9.10. The maximum absolute atomic E-state index is 12.8. The molecule has 0 amide bonds. The lowest BCUT2D eigenvalue weighted by atomic mass is 10.1. The summed E-state index contributed by atoms with van der Waals surface area (Å²) < 4.78 is 14.6. The van der Waals surface area contributed by atoms with Crippen molar-refractivity contribution in [3.63, 3.8) is 0 Å². The zero-order valence-electron chi connectivity index (χ0n) is 9.10. The summed E-state index contributed by atoms with van der Waals surface area (Å²) in [6.07, 6.45) is 3.72. The molecule has 1 heterocycles. The van der Waals surface area contributed by atoms with E-state index in [9.17, 15) is 4.39 Å². The van der Waals surface area contributed by atoms with Gasteiger partial charge in [0.25, 0.3) is 0 Å². The smallest absolute Gasteiger partial charge is 0.123 e. The number of hydrogen-bond donors (Lipinski definition) is 1. The Morgan fingerprint density at radius 1 is 1.38 bits per heavy atom. The van der Waals surface area contributed by atoms with Crippen LogP contribution in [0.5, 0.6) is 0 Å². The van der Waals surface area contributed by atoms with Crippen LogP contribution in [0.3, 0.4) is 0 Å². The second-order valence-electron chi connectivity index (χ2n) is 3.80. The molecule has 84 valence electrons. The molecule has 0 aliphatic rings. The Morgan fingerprint density at radius 2 is 2.06 bits per heavy atom. The standard InChI is InChI=1S/C12H14FN3/c1-9-7-15-16(8-9)12(6-14)10-2-4-11(13)5-3-10/h2-5,7-8,12H,6,14H2,1H3. The van der Waals surface area contributed by atoms with Gasteiger partial charge in [-0.3, -0.25) is 4.68 Å². The Kier molecular flexibility index (Phi) is 3.01. The summed E-state index contributed by atoms with van der Waals surface area (Å²) in [5, 5.41) is 4.23. The minimum Gasteiger partial charge on any atom is -0.328 e. The van der Waals surface area contributed by atoms with Gasteiger partial charge in [0.05, 0.1) is 12.2 Å². The third-order valence-corrected chi connectivity index (χ3v) is 2.53. The molecule has 0 aliphatic carbocycles. The highest BCUT2D eigenvalue weighted by molar-refractivity contribution is 5.21. The van der Waals surface area contributed by atoms with E-state index >= 15 is 0 Å². The lowest BCUT2D eigenvalue weighted by molar-refractivity contribution is 0.530. The highest BCUT2D eigenvalue weighted by Crippen LogP contribution is 2.17. The molecular formula is C12H14FN3. The molecule has 0 radical (unpaired) electrons. The molecular weight excluding hydrogens is 205 g/mol. The van der Waals surface area contributed by atoms with Crippen molar-refractivity contribution in [2.45, 2.75) is 13.0 Å². The van der Waals surface area contributed by atoms with Crippen molar-refractivity contribution in [1.29, 1.82) is 0 Å². The highest BCUT2D eigenvalue weighted by Gasteiger charge is 2.12. The molecule has 1 atom stereocenters. The number of hydrogen-bond acceptors (Lipinski definition) is 2. The summed E-state index contributed by atoms with van der Waals surface area (Å²) in [6.45, 7) is 2.41. The quantitative estimate of drug-likeness (QED) is 0.856. The van der Waals surface area contributed by atoms with Gasteiger partial charge in [-0.15, -0.1) is 0 Å². The first-order valence-electron chi connectivity index (χ1n) is 5.17. The molecule has 0 fully saturated rings. The van der Waals surface area contributed by atoms with E-state index in [0.29, 0.717) is 6.54 Å². The van der Waals surface area contributed by atoms with Crippen molar-refractivity contribution in [2.75, 3.05) is 6.54 Å². The summed E-state index contributed by atoms with van der Waals surface area (Å²) in [6, 6.07) is 6.32. The molecule has 2 N–H and O–H groups in total. The number of aromatic nitrogens is 2. The van der Waals surface area contributed by atoms with Crippen molar-refractivity contribution in [3.8, 4) is 0 Å². The molecule has 0 saturated heterocycles. The van der Waals surface area contributed by atoms with Gasteiger partial charge in [0.2, 0.25) is 0 Å². The molecule has 0 aliphatic heterocycles. The van der Waals surface area contributed by atoms with E-state index in [-0.39, 0.29) is 11.9 Å². The number of halogens is 1. The van der Waals surface area contributed by atoms with Crippen LogP contribution in [-0.4, -0.2) is 16.3 Å². The van der Waals surface area contributed by atoms with E-state index in [0.717, 1.165) is 11.1 Å². The Balaban J connectivity index is 2.32. The molecule has 4 heteroatoms. The van der Waals surface area contributed by atoms with Gasteiger partial charge in [-0.2, -0.15) is 5.10 Å². The van der Waals surface area contributed by atoms with E-state index in [4.69, 9.17) is 5.73 Å². The minimum absolute atomic E-state index is 0.0331. The van der Waals surface area contributed by atoms with Crippen LogP contribution < -0.4 is 5.73 Å². The average Bonchev–Trinajstić information content (AvgIpc) is 2.69. The first-order valence-corrected chi connectivity index (χ1v) is 5.17. The average molecular weight is 219 g/mol. The highest BCUT2D eigenvalue weighted by atomic mass is 19.1. The van der Waals surface area contributed by atoms with Crippen molar-refractivity contribution in [1.82, 2.24) is 9.78 Å². The SMILES string of the molecule is Cc1cnn(C(CN)c2ccc(F)cc2)c1. The van der Waals surface area contributed by atoms with Gasteiger partial charge >= 0.3 is 0 Å². The van der Waals surface area contributed by atoms with E-state index in [1.807, 2.05) is 17.8 Å². The second kappa shape index (κ2) is 4.45. The Labute approximate surface area is 93.7 Å². The monoisotopic (exact) mass is 219 g/mol. The molecule has 1 unspecified atom stereocenters. The largest absolute Gasteiger partial charge is 0.328 e. The molecule has 2 rings (SSSR count). The summed E-state index contributed by atoms with van der Waals surface area (Å²) in [4.78, 5) is 0. The van der Waals surface area contributed by atoms with E-state index in [1.165, 1.54) is 12.1 Å². The number of nitrogens with two attached hydrogens (primary N) is 1. The fourth-order valence-electron chi connectivity index (χ4n) is 1.69. The summed E-state index contributed by atoms with van der Waals surface area (Å²) in [7, 11) is 0. The van der Waals surface area contributed by atoms with Gasteiger partial charge in [-0.25, -0.2) is 4.39 Å². The molecule has 0 saturated carbocycles. The lowest BCUT2D eigenvalue weighted by Gasteiger charge is -2.15. The summed E-state index contributed by atoms with van der Waals surface area (Å²) in [5.74, 6) is -0.240. The third-order valence-electron chi connectivity index (χ3n) is 2.53. The first-order chi connectivity index (χ1) is 7.70. The van der Waals surface area contributed by atoms with Crippen molar-refractivity contribution < 1.29 is 4.39 Å². The molecule has 1 aromatic carbocycles. The first kappa shape index (κ1) is 10.8. The maximum Gasteiger partial charge on any atom is 0.123 e. The van der Waals surface area contributed by atoms with Gasteiger partial charge in [0.15, 0.2) is 0 Å². The van der Waals surface area contributed by atoms with Crippen LogP contribution >= 0.6 is 0 Å². The van der Waals surface area contributed by atoms with Gasteiger partial charge in [-0.05, 0) is 30.2 Å². The molecule has 3 nitrogen and oxygen atoms in total. The Hall–Kier alpha value is -1.68. The number of rotatable bonds is 3. The third kappa shape index (κ3) is 2.12. The second-order valence-corrected chi connectivity index (χ2v) is 3.80. The number of nitrogens with zero attached hydrogens (tertiary/aromatic N) is 2. The number of benzene rings is 1. The normalized spacial score (nSPS) is 12.7. The Bertz CT molecular complexity index is 461. The lowest BCUT2D eigenvalue weighted by Crippen LogP contribution is -2.20. The van der Waals surface area contributed by atoms with Gasteiger partial charge < -0.3 is 5.73 Å². The van der Waals surface area contributed by atoms with E-state index < -0.39 is 0 Å². The van der Waals surface area contributed by atoms with Crippen molar-refractivity contribution >= 4 is 0 Å². The van der Waals surface area contributed by atoms with Gasteiger partial charge in [0.1, 0.15) is 5.82 Å². The fraction of sp³-hybridized carbons (Fsp3) is 0.250. The predicted octanol–water partition coefficient (Wildman–Crippen LogP) is 1.88. The molecule has 1 aromatic heterocycles. The number of aryl methyl sites for hydroxylation is 1. The Morgan fingerprint density at radius 3 is 2.56 bits per heavy atom. The molecule has 0 bridgehead atoms. The van der Waals surface area contributed by atoms with Gasteiger partial charge in [0, 0.05) is 12.7 Å². The maximum atomic E-state index is 12.8. The molecule has 2 aromatic rings. The van der Waals surface area contributed by atoms with Crippen LogP contribution in [-0.2, 0) is 0 Å². The van der Waals surface area contributed by atoms with Crippen LogP contribution in [0.1, 0.15) is 17.2 Å². The van der Waals surface area contributed by atoms with Crippen LogP contribution in [0.15, 0.2) is 36.7 Å². The fourth-order valence-corrected chi connectivity index (χ4v) is 1.69. The summed E-state index contributed by atoms with van der Waals surface area (Å²) in [5.41, 5.74) is 7.78. The summed E-state index contributed by atoms with van der Waals surface area (Å²) >= 11 is 0. The van der Waals surface area contributed by atoms with Gasteiger partial charge in [-0.1, -0.05) is 12.1 Å².